The molecule has 8 heteroatoms. The Bertz CT molecular complexity index is 939. The fourth-order valence-electron chi connectivity index (χ4n) is 3.35. The average molecular weight is 395 g/mol. The van der Waals surface area contributed by atoms with Gasteiger partial charge in [0.1, 0.15) is 5.75 Å². The monoisotopic (exact) mass is 395 g/mol. The number of nitrogens with one attached hydrogen (secondary N) is 1. The predicted molar refractivity (Wildman–Crippen MR) is 109 cm³/mol. The van der Waals surface area contributed by atoms with Crippen LogP contribution in [-0.4, -0.2) is 46.3 Å². The van der Waals surface area contributed by atoms with E-state index in [1.165, 1.54) is 0 Å². The molecule has 2 aromatic heterocycles. The Morgan fingerprint density at radius 1 is 1.21 bits per heavy atom. The molecule has 1 aliphatic heterocycles. The Hall–Kier alpha value is -3.00. The van der Waals surface area contributed by atoms with E-state index in [9.17, 15) is 4.79 Å². The van der Waals surface area contributed by atoms with Crippen LogP contribution < -0.4 is 10.1 Å². The fourth-order valence-corrected chi connectivity index (χ4v) is 4.34. The number of thiazole rings is 1. The van der Waals surface area contributed by atoms with E-state index in [1.807, 2.05) is 29.2 Å². The number of nitrogens with zero attached hydrogens (tertiary/aromatic N) is 4. The maximum absolute atomic E-state index is 12.4. The number of carbonyl (C=O) groups is 1. The summed E-state index contributed by atoms with van der Waals surface area (Å²) in [6.45, 7) is 1.41. The minimum atomic E-state index is -0.0969. The number of methoxy groups -OCH3 is 1. The normalized spacial score (nSPS) is 14.7. The van der Waals surface area contributed by atoms with Gasteiger partial charge in [-0.25, -0.2) is 9.78 Å². The molecular formula is C20H21N5O2S. The van der Waals surface area contributed by atoms with E-state index in [-0.39, 0.29) is 6.03 Å². The van der Waals surface area contributed by atoms with Crippen molar-refractivity contribution in [3.8, 4) is 17.0 Å². The zero-order valence-corrected chi connectivity index (χ0v) is 16.4. The lowest BCUT2D eigenvalue weighted by Crippen LogP contribution is -2.40. The second-order valence-corrected chi connectivity index (χ2v) is 7.48. The summed E-state index contributed by atoms with van der Waals surface area (Å²) < 4.78 is 5.45. The summed E-state index contributed by atoms with van der Waals surface area (Å²) in [5.74, 6) is 1.21. The van der Waals surface area contributed by atoms with Crippen LogP contribution >= 0.6 is 11.3 Å². The number of piperidine rings is 1. The first-order valence-electron chi connectivity index (χ1n) is 9.16. The SMILES string of the molecule is COc1ccccc1-c1csc(C2CCN(C(=O)Nc3ccnnc3)CC2)n1. The van der Waals surface area contributed by atoms with Gasteiger partial charge in [0.2, 0.25) is 0 Å². The highest BCUT2D eigenvalue weighted by Gasteiger charge is 2.26. The van der Waals surface area contributed by atoms with Crippen molar-refractivity contribution < 1.29 is 9.53 Å². The number of rotatable bonds is 4. The summed E-state index contributed by atoms with van der Waals surface area (Å²) in [4.78, 5) is 19.1. The molecule has 1 N–H and O–H groups in total. The van der Waals surface area contributed by atoms with E-state index in [4.69, 9.17) is 9.72 Å². The molecule has 144 valence electrons. The smallest absolute Gasteiger partial charge is 0.321 e. The first-order chi connectivity index (χ1) is 13.7. The zero-order valence-electron chi connectivity index (χ0n) is 15.5. The van der Waals surface area contributed by atoms with Crippen molar-refractivity contribution in [2.75, 3.05) is 25.5 Å². The van der Waals surface area contributed by atoms with Gasteiger partial charge in [-0.15, -0.1) is 11.3 Å². The van der Waals surface area contributed by atoms with E-state index in [0.29, 0.717) is 24.7 Å². The first-order valence-corrected chi connectivity index (χ1v) is 10.0. The molecule has 1 saturated heterocycles. The third-order valence-corrected chi connectivity index (χ3v) is 5.88. The number of para-hydroxylation sites is 1. The molecule has 0 atom stereocenters. The summed E-state index contributed by atoms with van der Waals surface area (Å²) in [7, 11) is 1.68. The molecule has 1 fully saturated rings. The second kappa shape index (κ2) is 8.35. The molecule has 1 aliphatic rings. The van der Waals surface area contributed by atoms with Gasteiger partial charge in [0.05, 0.1) is 35.9 Å². The van der Waals surface area contributed by atoms with Gasteiger partial charge in [0.25, 0.3) is 0 Å². The molecule has 0 aliphatic carbocycles. The lowest BCUT2D eigenvalue weighted by Gasteiger charge is -2.31. The lowest BCUT2D eigenvalue weighted by molar-refractivity contribution is 0.194. The van der Waals surface area contributed by atoms with Gasteiger partial charge < -0.3 is 15.0 Å². The molecule has 0 spiro atoms. The maximum atomic E-state index is 12.4. The molecule has 28 heavy (non-hydrogen) atoms. The van der Waals surface area contributed by atoms with Crippen molar-refractivity contribution in [3.63, 3.8) is 0 Å². The number of urea groups is 1. The van der Waals surface area contributed by atoms with Crippen LogP contribution in [0.4, 0.5) is 10.5 Å². The quantitative estimate of drug-likeness (QED) is 0.722. The molecule has 2 amide bonds. The van der Waals surface area contributed by atoms with Gasteiger partial charge in [0, 0.05) is 30.0 Å². The van der Waals surface area contributed by atoms with Crippen molar-refractivity contribution >= 4 is 23.1 Å². The molecule has 0 radical (unpaired) electrons. The van der Waals surface area contributed by atoms with E-state index < -0.39 is 0 Å². The van der Waals surface area contributed by atoms with E-state index in [0.717, 1.165) is 34.9 Å². The number of carbonyl (C=O) groups excluding carboxylic acids is 1. The Morgan fingerprint density at radius 3 is 2.79 bits per heavy atom. The highest BCUT2D eigenvalue weighted by atomic mass is 32.1. The number of ether oxygens (including phenoxy) is 1. The number of hydrogen-bond donors (Lipinski definition) is 1. The maximum Gasteiger partial charge on any atom is 0.321 e. The van der Waals surface area contributed by atoms with Gasteiger partial charge >= 0.3 is 6.03 Å². The number of aromatic nitrogens is 3. The standard InChI is InChI=1S/C20H21N5O2S/c1-27-18-5-3-2-4-16(18)17-13-28-19(24-17)14-7-10-25(11-8-14)20(26)23-15-6-9-21-22-12-15/h2-6,9,12-14H,7-8,10-11H2,1H3,(H,21,23,26). The highest BCUT2D eigenvalue weighted by molar-refractivity contribution is 7.10. The number of amides is 2. The first kappa shape index (κ1) is 18.4. The van der Waals surface area contributed by atoms with Crippen molar-refractivity contribution in [1.82, 2.24) is 20.1 Å². The van der Waals surface area contributed by atoms with Crippen LogP contribution in [0.1, 0.15) is 23.8 Å². The minimum Gasteiger partial charge on any atom is -0.496 e. The van der Waals surface area contributed by atoms with Crippen LogP contribution in [-0.2, 0) is 0 Å². The summed E-state index contributed by atoms with van der Waals surface area (Å²) in [6.07, 6.45) is 4.91. The van der Waals surface area contributed by atoms with Gasteiger partial charge in [-0.2, -0.15) is 10.2 Å². The molecule has 0 saturated carbocycles. The number of anilines is 1. The van der Waals surface area contributed by atoms with Crippen LogP contribution in [0.2, 0.25) is 0 Å². The minimum absolute atomic E-state index is 0.0969. The third kappa shape index (κ3) is 3.96. The zero-order chi connectivity index (χ0) is 19.3. The van der Waals surface area contributed by atoms with Crippen LogP contribution in [0.25, 0.3) is 11.3 Å². The lowest BCUT2D eigenvalue weighted by atomic mass is 9.98. The molecule has 0 bridgehead atoms. The average Bonchev–Trinajstić information content (AvgIpc) is 3.24. The van der Waals surface area contributed by atoms with E-state index in [2.05, 4.69) is 20.9 Å². The van der Waals surface area contributed by atoms with E-state index in [1.54, 1.807) is 36.9 Å². The Labute approximate surface area is 167 Å². The predicted octanol–water partition coefficient (Wildman–Crippen LogP) is 4.02. The molecule has 3 aromatic rings. The van der Waals surface area contributed by atoms with Crippen molar-refractivity contribution in [3.05, 3.63) is 53.1 Å². The largest absolute Gasteiger partial charge is 0.496 e. The van der Waals surface area contributed by atoms with Crippen molar-refractivity contribution in [2.45, 2.75) is 18.8 Å². The molecule has 0 unspecified atom stereocenters. The van der Waals surface area contributed by atoms with Crippen LogP contribution in [0.15, 0.2) is 48.1 Å². The molecule has 1 aromatic carbocycles. The van der Waals surface area contributed by atoms with E-state index >= 15 is 0 Å². The van der Waals surface area contributed by atoms with Gasteiger partial charge in [0.15, 0.2) is 0 Å². The summed E-state index contributed by atoms with van der Waals surface area (Å²) in [5.41, 5.74) is 2.61. The van der Waals surface area contributed by atoms with Crippen LogP contribution in [0.3, 0.4) is 0 Å². The number of benzene rings is 1. The fraction of sp³-hybridized carbons (Fsp3) is 0.300. The van der Waals surface area contributed by atoms with Crippen molar-refractivity contribution in [1.29, 1.82) is 0 Å². The van der Waals surface area contributed by atoms with Gasteiger partial charge in [-0.1, -0.05) is 12.1 Å². The van der Waals surface area contributed by atoms with Crippen molar-refractivity contribution in [2.24, 2.45) is 0 Å². The Kier molecular flexibility index (Phi) is 5.48. The third-order valence-electron chi connectivity index (χ3n) is 4.87. The molecule has 4 rings (SSSR count). The van der Waals surface area contributed by atoms with Gasteiger partial charge in [-0.3, -0.25) is 0 Å². The molecule has 3 heterocycles. The molecular weight excluding hydrogens is 374 g/mol. The van der Waals surface area contributed by atoms with Crippen LogP contribution in [0.5, 0.6) is 5.75 Å². The summed E-state index contributed by atoms with van der Waals surface area (Å²) in [5, 5.41) is 13.6. The summed E-state index contributed by atoms with van der Waals surface area (Å²) in [6, 6.07) is 9.56. The number of hydrogen-bond acceptors (Lipinski definition) is 6. The molecule has 7 nitrogen and oxygen atoms in total. The number of likely N-dealkylation sites (tertiary alicyclic amines) is 1. The van der Waals surface area contributed by atoms with Crippen LogP contribution in [0, 0.1) is 0 Å². The second-order valence-electron chi connectivity index (χ2n) is 6.59. The highest BCUT2D eigenvalue weighted by Crippen LogP contribution is 2.35. The summed E-state index contributed by atoms with van der Waals surface area (Å²) >= 11 is 1.68. The van der Waals surface area contributed by atoms with Gasteiger partial charge in [-0.05, 0) is 31.0 Å². The Balaban J connectivity index is 1.38. The topological polar surface area (TPSA) is 80.2 Å². The Morgan fingerprint density at radius 2 is 2.04 bits per heavy atom.